The molecule has 0 aromatic carbocycles. The van der Waals surface area contributed by atoms with Gasteiger partial charge in [0.25, 0.3) is 0 Å². The van der Waals surface area contributed by atoms with Crippen LogP contribution in [0.3, 0.4) is 0 Å². The highest BCUT2D eigenvalue weighted by atomic mass is 32.1. The number of nitrogens with one attached hydrogen (secondary N) is 1. The first kappa shape index (κ1) is 21.6. The first-order chi connectivity index (χ1) is 14.6. The lowest BCUT2D eigenvalue weighted by atomic mass is 10.0. The molecule has 0 bridgehead atoms. The second-order valence-electron chi connectivity index (χ2n) is 8.61. The Morgan fingerprint density at radius 2 is 2.20 bits per heavy atom. The number of rotatable bonds is 7. The van der Waals surface area contributed by atoms with Crippen molar-refractivity contribution >= 4 is 23.3 Å². The van der Waals surface area contributed by atoms with Gasteiger partial charge in [-0.25, -0.2) is 0 Å². The number of nitrogens with zero attached hydrogens (tertiary/aromatic N) is 5. The smallest absolute Gasteiger partial charge is 0.239 e. The van der Waals surface area contributed by atoms with E-state index in [9.17, 15) is 9.59 Å². The van der Waals surface area contributed by atoms with Gasteiger partial charge in [0.2, 0.25) is 11.8 Å². The number of hydrogen-bond donors (Lipinski definition) is 1. The first-order valence-corrected chi connectivity index (χ1v) is 11.7. The van der Waals surface area contributed by atoms with Crippen molar-refractivity contribution in [3.05, 3.63) is 11.1 Å². The van der Waals surface area contributed by atoms with Gasteiger partial charge in [0, 0.05) is 57.2 Å². The van der Waals surface area contributed by atoms with E-state index in [0.717, 1.165) is 44.5 Å². The fourth-order valence-corrected chi connectivity index (χ4v) is 5.69. The molecule has 1 aromatic rings. The zero-order valence-electron chi connectivity index (χ0n) is 17.8. The van der Waals surface area contributed by atoms with E-state index in [4.69, 9.17) is 4.74 Å². The maximum absolute atomic E-state index is 12.9. The molecule has 1 N–H and O–H groups in total. The summed E-state index contributed by atoms with van der Waals surface area (Å²) in [6.45, 7) is 3.54. The summed E-state index contributed by atoms with van der Waals surface area (Å²) < 4.78 is 9.21. The molecule has 9 nitrogen and oxygen atoms in total. The average Bonchev–Trinajstić information content (AvgIpc) is 3.47. The molecular formula is C20H32N6O3S. The third-order valence-corrected chi connectivity index (χ3v) is 7.42. The molecule has 4 atom stereocenters. The van der Waals surface area contributed by atoms with Crippen LogP contribution in [-0.2, 0) is 20.9 Å². The van der Waals surface area contributed by atoms with Crippen molar-refractivity contribution in [3.63, 3.8) is 0 Å². The summed E-state index contributed by atoms with van der Waals surface area (Å²) in [5, 5.41) is 9.20. The lowest BCUT2D eigenvalue weighted by Gasteiger charge is -2.33. The Labute approximate surface area is 181 Å². The summed E-state index contributed by atoms with van der Waals surface area (Å²) in [7, 11) is 3.79. The van der Waals surface area contributed by atoms with E-state index in [0.29, 0.717) is 26.1 Å². The first-order valence-electron chi connectivity index (χ1n) is 10.9. The van der Waals surface area contributed by atoms with Gasteiger partial charge in [0.1, 0.15) is 6.04 Å². The highest BCUT2D eigenvalue weighted by molar-refractivity contribution is 7.03. The number of hydrogen-bond acceptors (Lipinski definition) is 8. The van der Waals surface area contributed by atoms with E-state index < -0.39 is 0 Å². The zero-order chi connectivity index (χ0) is 21.1. The highest BCUT2D eigenvalue weighted by Crippen LogP contribution is 2.29. The fraction of sp³-hybridized carbons (Fsp3) is 0.800. The van der Waals surface area contributed by atoms with Crippen LogP contribution in [0.15, 0.2) is 5.38 Å². The van der Waals surface area contributed by atoms with Crippen molar-refractivity contribution in [3.8, 4) is 0 Å². The van der Waals surface area contributed by atoms with E-state index in [1.54, 1.807) is 7.11 Å². The zero-order valence-corrected chi connectivity index (χ0v) is 18.6. The van der Waals surface area contributed by atoms with Crippen LogP contribution in [0.25, 0.3) is 0 Å². The van der Waals surface area contributed by atoms with Crippen molar-refractivity contribution in [2.45, 2.75) is 62.8 Å². The van der Waals surface area contributed by atoms with E-state index >= 15 is 0 Å². The predicted molar refractivity (Wildman–Crippen MR) is 113 cm³/mol. The van der Waals surface area contributed by atoms with E-state index in [1.165, 1.54) is 11.5 Å². The SMILES string of the molecule is COC[C@H]1CCCN1C(=O)CC[C@H]1CNC(=O)[C@@H]2[C@@H](CCN2Cc2csnn2)N1C. The van der Waals surface area contributed by atoms with Gasteiger partial charge in [-0.2, -0.15) is 0 Å². The third kappa shape index (κ3) is 4.51. The standard InChI is InChI=1S/C20H32N6O3S/c1-24-15(5-6-18(27)26-8-3-4-16(26)12-29-2)10-21-20(28)19-17(24)7-9-25(19)11-14-13-30-23-22-14/h13,15-17,19H,3-12H2,1-2H3,(H,21,28)/t15-,16+,17+,19-/m0/s1. The maximum atomic E-state index is 12.9. The van der Waals surface area contributed by atoms with Gasteiger partial charge < -0.3 is 15.0 Å². The summed E-state index contributed by atoms with van der Waals surface area (Å²) in [6, 6.07) is 0.355. The number of carbonyl (C=O) groups is 2. The molecule has 2 amide bonds. The van der Waals surface area contributed by atoms with Crippen molar-refractivity contribution in [2.24, 2.45) is 0 Å². The molecule has 0 radical (unpaired) electrons. The normalized spacial score (nSPS) is 30.3. The Morgan fingerprint density at radius 3 is 2.97 bits per heavy atom. The Kier molecular flexibility index (Phi) is 6.97. The van der Waals surface area contributed by atoms with Crippen LogP contribution in [-0.4, -0.2) is 101 Å². The number of aromatic nitrogens is 2. The van der Waals surface area contributed by atoms with Crippen molar-refractivity contribution in [1.82, 2.24) is 29.6 Å². The number of amides is 2. The molecule has 4 heterocycles. The molecular weight excluding hydrogens is 404 g/mol. The Bertz CT molecular complexity index is 732. The number of ether oxygens (including phenoxy) is 1. The van der Waals surface area contributed by atoms with Crippen LogP contribution in [0.1, 0.15) is 37.8 Å². The molecule has 0 spiro atoms. The predicted octanol–water partition coefficient (Wildman–Crippen LogP) is 0.329. The molecule has 3 aliphatic rings. The van der Waals surface area contributed by atoms with E-state index in [2.05, 4.69) is 31.8 Å². The van der Waals surface area contributed by atoms with Crippen LogP contribution in [0.4, 0.5) is 0 Å². The average molecular weight is 437 g/mol. The molecule has 4 rings (SSSR count). The minimum absolute atomic E-state index is 0.0843. The summed E-state index contributed by atoms with van der Waals surface area (Å²) in [5.74, 6) is 0.292. The molecule has 3 fully saturated rings. The third-order valence-electron chi connectivity index (χ3n) is 6.87. The lowest BCUT2D eigenvalue weighted by Crippen LogP contribution is -2.49. The van der Waals surface area contributed by atoms with Crippen LogP contribution in [0.2, 0.25) is 0 Å². The van der Waals surface area contributed by atoms with Gasteiger partial charge in [0.15, 0.2) is 0 Å². The molecule has 10 heteroatoms. The number of methoxy groups -OCH3 is 1. The fourth-order valence-electron chi connectivity index (χ4n) is 5.25. The minimum atomic E-state index is -0.179. The molecule has 30 heavy (non-hydrogen) atoms. The van der Waals surface area contributed by atoms with Gasteiger partial charge in [-0.05, 0) is 44.3 Å². The molecule has 166 valence electrons. The number of likely N-dealkylation sites (tertiary alicyclic amines) is 2. The van der Waals surface area contributed by atoms with E-state index in [-0.39, 0.29) is 36.0 Å². The Balaban J connectivity index is 1.36. The van der Waals surface area contributed by atoms with E-state index in [1.807, 2.05) is 10.3 Å². The molecule has 3 saturated heterocycles. The van der Waals surface area contributed by atoms with Crippen LogP contribution >= 0.6 is 11.5 Å². The second kappa shape index (κ2) is 9.67. The summed E-state index contributed by atoms with van der Waals surface area (Å²) in [6.07, 6.45) is 4.28. The molecule has 0 aliphatic carbocycles. The number of fused-ring (bicyclic) bond motifs is 1. The van der Waals surface area contributed by atoms with Crippen LogP contribution in [0.5, 0.6) is 0 Å². The monoisotopic (exact) mass is 436 g/mol. The summed E-state index contributed by atoms with van der Waals surface area (Å²) >= 11 is 1.34. The number of likely N-dealkylation sites (N-methyl/N-ethyl adjacent to an activating group) is 1. The second-order valence-corrected chi connectivity index (χ2v) is 9.22. The molecule has 0 unspecified atom stereocenters. The van der Waals surface area contributed by atoms with Crippen molar-refractivity contribution < 1.29 is 14.3 Å². The Morgan fingerprint density at radius 1 is 1.33 bits per heavy atom. The van der Waals surface area contributed by atoms with Gasteiger partial charge in [-0.1, -0.05) is 4.49 Å². The topological polar surface area (TPSA) is 90.9 Å². The van der Waals surface area contributed by atoms with Gasteiger partial charge in [0.05, 0.1) is 18.3 Å². The van der Waals surface area contributed by atoms with Gasteiger partial charge in [-0.15, -0.1) is 5.10 Å². The summed E-state index contributed by atoms with van der Waals surface area (Å²) in [5.41, 5.74) is 0.915. The van der Waals surface area contributed by atoms with Crippen molar-refractivity contribution in [2.75, 3.05) is 40.4 Å². The largest absolute Gasteiger partial charge is 0.383 e. The highest BCUT2D eigenvalue weighted by Gasteiger charge is 2.45. The molecule has 3 aliphatic heterocycles. The number of carbonyl (C=O) groups excluding carboxylic acids is 2. The van der Waals surface area contributed by atoms with Gasteiger partial charge in [-0.3, -0.25) is 19.4 Å². The Hall–Kier alpha value is -1.62. The van der Waals surface area contributed by atoms with Crippen LogP contribution in [0, 0.1) is 0 Å². The molecule has 1 aromatic heterocycles. The van der Waals surface area contributed by atoms with Crippen LogP contribution < -0.4 is 5.32 Å². The summed E-state index contributed by atoms with van der Waals surface area (Å²) in [4.78, 5) is 32.2. The quantitative estimate of drug-likeness (QED) is 0.659. The van der Waals surface area contributed by atoms with Gasteiger partial charge >= 0.3 is 0 Å². The lowest BCUT2D eigenvalue weighted by molar-refractivity contribution is -0.133. The van der Waals surface area contributed by atoms with Crippen molar-refractivity contribution in [1.29, 1.82) is 0 Å². The maximum Gasteiger partial charge on any atom is 0.239 e. The molecule has 0 saturated carbocycles. The minimum Gasteiger partial charge on any atom is -0.383 e.